The zero-order valence-electron chi connectivity index (χ0n) is 12.9. The summed E-state index contributed by atoms with van der Waals surface area (Å²) in [7, 11) is 0. The first-order valence-corrected chi connectivity index (χ1v) is 8.10. The lowest BCUT2D eigenvalue weighted by atomic mass is 9.95. The van der Waals surface area contributed by atoms with E-state index >= 15 is 0 Å². The highest BCUT2D eigenvalue weighted by atomic mass is 16.4. The Morgan fingerprint density at radius 1 is 0.895 bits per heavy atom. The van der Waals surface area contributed by atoms with Gasteiger partial charge in [-0.3, -0.25) is 4.79 Å². The summed E-state index contributed by atoms with van der Waals surface area (Å²) in [6.07, 6.45) is 16.5. The van der Waals surface area contributed by atoms with Gasteiger partial charge in [0, 0.05) is 0 Å². The Morgan fingerprint density at radius 2 is 1.53 bits per heavy atom. The van der Waals surface area contributed by atoms with Crippen molar-refractivity contribution < 1.29 is 9.90 Å². The minimum atomic E-state index is -0.613. The van der Waals surface area contributed by atoms with Gasteiger partial charge < -0.3 is 5.11 Å². The third-order valence-electron chi connectivity index (χ3n) is 3.58. The van der Waals surface area contributed by atoms with Crippen LogP contribution in [0.5, 0.6) is 0 Å². The van der Waals surface area contributed by atoms with Crippen molar-refractivity contribution in [3.8, 4) is 0 Å². The first-order chi connectivity index (χ1) is 9.22. The van der Waals surface area contributed by atoms with Crippen LogP contribution in [0, 0.1) is 5.92 Å². The van der Waals surface area contributed by atoms with Crippen LogP contribution in [0.3, 0.4) is 0 Å². The van der Waals surface area contributed by atoms with Gasteiger partial charge in [0.05, 0.1) is 5.92 Å². The molecule has 1 N–H and O–H groups in total. The van der Waals surface area contributed by atoms with Crippen LogP contribution in [-0.4, -0.2) is 11.1 Å². The van der Waals surface area contributed by atoms with Gasteiger partial charge in [-0.25, -0.2) is 0 Å². The lowest BCUT2D eigenvalue weighted by Crippen LogP contribution is -2.13. The molecule has 0 radical (unpaired) electrons. The molecule has 0 aliphatic carbocycles. The molecule has 0 rings (SSSR count). The van der Waals surface area contributed by atoms with Crippen LogP contribution in [0.25, 0.3) is 0 Å². The predicted octanol–water partition coefficient (Wildman–Crippen LogP) is 5.57. The Hall–Kier alpha value is -0.790. The summed E-state index contributed by atoms with van der Waals surface area (Å²) < 4.78 is 0. The predicted molar refractivity (Wildman–Crippen MR) is 82.4 cm³/mol. The van der Waals surface area contributed by atoms with Crippen molar-refractivity contribution in [2.45, 2.75) is 84.5 Å². The van der Waals surface area contributed by atoms with E-state index in [1.807, 2.05) is 0 Å². The van der Waals surface area contributed by atoms with E-state index in [0.717, 1.165) is 32.1 Å². The molecule has 2 heteroatoms. The molecule has 0 bridgehead atoms. The average molecular weight is 268 g/mol. The van der Waals surface area contributed by atoms with Crippen molar-refractivity contribution >= 4 is 5.97 Å². The van der Waals surface area contributed by atoms with Gasteiger partial charge in [0.25, 0.3) is 0 Å². The highest BCUT2D eigenvalue weighted by Gasteiger charge is 2.15. The summed E-state index contributed by atoms with van der Waals surface area (Å²) in [5.41, 5.74) is 0. The fraction of sp³-hybridized carbons (Fsp3) is 0.824. The summed E-state index contributed by atoms with van der Waals surface area (Å²) in [6, 6.07) is 0. The molecule has 2 nitrogen and oxygen atoms in total. The SMILES string of the molecule is CCCC/C=C/CCC(CCCCCCC)C(=O)O. The highest BCUT2D eigenvalue weighted by molar-refractivity contribution is 5.69. The smallest absolute Gasteiger partial charge is 0.306 e. The van der Waals surface area contributed by atoms with E-state index in [-0.39, 0.29) is 5.92 Å². The van der Waals surface area contributed by atoms with Gasteiger partial charge in [0.1, 0.15) is 0 Å². The highest BCUT2D eigenvalue weighted by Crippen LogP contribution is 2.17. The van der Waals surface area contributed by atoms with E-state index in [1.54, 1.807) is 0 Å². The number of carboxylic acids is 1. The molecule has 0 aliphatic heterocycles. The molecular formula is C17H32O2. The van der Waals surface area contributed by atoms with Crippen LogP contribution < -0.4 is 0 Å². The Labute approximate surface area is 119 Å². The molecule has 0 aromatic carbocycles. The normalized spacial score (nSPS) is 12.9. The minimum absolute atomic E-state index is 0.141. The Morgan fingerprint density at radius 3 is 2.16 bits per heavy atom. The maximum Gasteiger partial charge on any atom is 0.306 e. The number of hydrogen-bond acceptors (Lipinski definition) is 1. The van der Waals surface area contributed by atoms with E-state index in [9.17, 15) is 9.90 Å². The number of allylic oxidation sites excluding steroid dienone is 2. The van der Waals surface area contributed by atoms with Crippen LogP contribution in [0.15, 0.2) is 12.2 Å². The largest absolute Gasteiger partial charge is 0.481 e. The monoisotopic (exact) mass is 268 g/mol. The number of aliphatic carboxylic acids is 1. The average Bonchev–Trinajstić information content (AvgIpc) is 2.39. The van der Waals surface area contributed by atoms with Crippen molar-refractivity contribution in [2.75, 3.05) is 0 Å². The molecule has 0 amide bonds. The Bertz CT molecular complexity index is 233. The van der Waals surface area contributed by atoms with Crippen molar-refractivity contribution in [2.24, 2.45) is 5.92 Å². The van der Waals surface area contributed by atoms with E-state index in [1.165, 1.54) is 38.5 Å². The first kappa shape index (κ1) is 18.2. The fourth-order valence-corrected chi connectivity index (χ4v) is 2.24. The molecule has 19 heavy (non-hydrogen) atoms. The number of carbonyl (C=O) groups is 1. The number of rotatable bonds is 13. The van der Waals surface area contributed by atoms with Gasteiger partial charge in [-0.05, 0) is 25.7 Å². The molecule has 0 saturated carbocycles. The zero-order valence-corrected chi connectivity index (χ0v) is 12.9. The second-order valence-electron chi connectivity index (χ2n) is 5.43. The molecule has 0 heterocycles. The summed E-state index contributed by atoms with van der Waals surface area (Å²) in [4.78, 5) is 11.2. The van der Waals surface area contributed by atoms with Gasteiger partial charge >= 0.3 is 5.97 Å². The number of unbranched alkanes of at least 4 members (excludes halogenated alkanes) is 6. The fourth-order valence-electron chi connectivity index (χ4n) is 2.24. The Balaban J connectivity index is 3.68. The Kier molecular flexibility index (Phi) is 13.1. The standard InChI is InChI=1S/C17H32O2/c1-3-5-7-9-11-13-15-16(17(18)19)14-12-10-8-6-4-2/h9,11,16H,3-8,10,12-15H2,1-2H3,(H,18,19)/b11-9+. The molecule has 112 valence electrons. The summed E-state index contributed by atoms with van der Waals surface area (Å²) in [5, 5.41) is 9.19. The number of carboxylic acid groups (broad SMARTS) is 1. The topological polar surface area (TPSA) is 37.3 Å². The van der Waals surface area contributed by atoms with Crippen LogP contribution in [-0.2, 0) is 4.79 Å². The molecule has 0 fully saturated rings. The van der Waals surface area contributed by atoms with Crippen LogP contribution in [0.4, 0.5) is 0 Å². The van der Waals surface area contributed by atoms with Crippen LogP contribution in [0.1, 0.15) is 84.5 Å². The van der Waals surface area contributed by atoms with Gasteiger partial charge in [-0.1, -0.05) is 70.9 Å². The summed E-state index contributed by atoms with van der Waals surface area (Å²) in [6.45, 7) is 4.39. The zero-order chi connectivity index (χ0) is 14.3. The van der Waals surface area contributed by atoms with Gasteiger partial charge in [-0.15, -0.1) is 0 Å². The van der Waals surface area contributed by atoms with Gasteiger partial charge in [-0.2, -0.15) is 0 Å². The van der Waals surface area contributed by atoms with Gasteiger partial charge in [0.2, 0.25) is 0 Å². The van der Waals surface area contributed by atoms with Crippen LogP contribution >= 0.6 is 0 Å². The van der Waals surface area contributed by atoms with Crippen molar-refractivity contribution in [3.05, 3.63) is 12.2 Å². The minimum Gasteiger partial charge on any atom is -0.481 e. The third kappa shape index (κ3) is 12.0. The summed E-state index contributed by atoms with van der Waals surface area (Å²) in [5.74, 6) is -0.755. The maximum absolute atomic E-state index is 11.2. The summed E-state index contributed by atoms with van der Waals surface area (Å²) >= 11 is 0. The van der Waals surface area contributed by atoms with Crippen LogP contribution in [0.2, 0.25) is 0 Å². The molecule has 0 aliphatic rings. The quantitative estimate of drug-likeness (QED) is 0.350. The van der Waals surface area contributed by atoms with Gasteiger partial charge in [0.15, 0.2) is 0 Å². The van der Waals surface area contributed by atoms with Crippen molar-refractivity contribution in [1.29, 1.82) is 0 Å². The molecule has 0 aromatic rings. The lowest BCUT2D eigenvalue weighted by Gasteiger charge is -2.10. The molecule has 0 spiro atoms. The molecular weight excluding hydrogens is 236 g/mol. The van der Waals surface area contributed by atoms with E-state index < -0.39 is 5.97 Å². The van der Waals surface area contributed by atoms with E-state index in [4.69, 9.17) is 0 Å². The van der Waals surface area contributed by atoms with E-state index in [0.29, 0.717) is 0 Å². The maximum atomic E-state index is 11.2. The second-order valence-corrected chi connectivity index (χ2v) is 5.43. The number of hydrogen-bond donors (Lipinski definition) is 1. The molecule has 0 saturated heterocycles. The van der Waals surface area contributed by atoms with Crippen molar-refractivity contribution in [1.82, 2.24) is 0 Å². The first-order valence-electron chi connectivity index (χ1n) is 8.10. The molecule has 1 atom stereocenters. The molecule has 0 aromatic heterocycles. The lowest BCUT2D eigenvalue weighted by molar-refractivity contribution is -0.142. The second kappa shape index (κ2) is 13.6. The molecule has 1 unspecified atom stereocenters. The third-order valence-corrected chi connectivity index (χ3v) is 3.58. The van der Waals surface area contributed by atoms with Crippen molar-refractivity contribution in [3.63, 3.8) is 0 Å². The van der Waals surface area contributed by atoms with E-state index in [2.05, 4.69) is 26.0 Å².